The Labute approximate surface area is 226 Å². The van der Waals surface area contributed by atoms with Crippen molar-refractivity contribution < 1.29 is 18.0 Å². The highest BCUT2D eigenvalue weighted by Crippen LogP contribution is 2.27. The number of hydrogen-bond acceptors (Lipinski definition) is 7. The van der Waals surface area contributed by atoms with Crippen LogP contribution in [0, 0.1) is 0 Å². The van der Waals surface area contributed by atoms with Crippen LogP contribution in [0.2, 0.25) is 10.0 Å². The summed E-state index contributed by atoms with van der Waals surface area (Å²) in [5.74, 6) is -1.07. The number of para-hydroxylation sites is 1. The van der Waals surface area contributed by atoms with Gasteiger partial charge in [-0.15, -0.1) is 10.2 Å². The molecule has 4 aromatic rings. The first-order chi connectivity index (χ1) is 17.6. The van der Waals surface area contributed by atoms with Gasteiger partial charge in [-0.3, -0.25) is 19.6 Å². The molecule has 0 radical (unpaired) electrons. The van der Waals surface area contributed by atoms with Gasteiger partial charge in [0.1, 0.15) is 0 Å². The van der Waals surface area contributed by atoms with Gasteiger partial charge in [-0.1, -0.05) is 77.0 Å². The van der Waals surface area contributed by atoms with Crippen LogP contribution in [0.4, 0.5) is 10.8 Å². The maximum Gasteiger partial charge on any atom is 0.291 e. The van der Waals surface area contributed by atoms with Crippen molar-refractivity contribution in [3.63, 3.8) is 0 Å². The second-order valence-corrected chi connectivity index (χ2v) is 11.4. The molecule has 190 valence electrons. The quantitative estimate of drug-likeness (QED) is 0.241. The van der Waals surface area contributed by atoms with Gasteiger partial charge in [-0.25, -0.2) is 0 Å². The number of carbonyl (C=O) groups excluding carboxylic acids is 2. The number of halogens is 2. The molecule has 1 heterocycles. The highest BCUT2D eigenvalue weighted by atomic mass is 35.5. The first-order valence-corrected chi connectivity index (χ1v) is 13.8. The second-order valence-electron chi connectivity index (χ2n) is 7.71. The van der Waals surface area contributed by atoms with E-state index in [2.05, 4.69) is 25.6 Å². The number of sulfonamides is 1. The molecule has 3 aromatic carbocycles. The van der Waals surface area contributed by atoms with Crippen LogP contribution in [0.1, 0.15) is 39.2 Å². The molecule has 0 bridgehead atoms. The van der Waals surface area contributed by atoms with Crippen molar-refractivity contribution in [1.29, 1.82) is 0 Å². The van der Waals surface area contributed by atoms with Gasteiger partial charge in [-0.05, 0) is 42.8 Å². The average molecular weight is 576 g/mol. The maximum absolute atomic E-state index is 13.0. The zero-order chi connectivity index (χ0) is 26.6. The van der Waals surface area contributed by atoms with E-state index in [1.54, 1.807) is 12.1 Å². The third kappa shape index (κ3) is 6.44. The molecule has 3 N–H and O–H groups in total. The van der Waals surface area contributed by atoms with E-state index in [0.29, 0.717) is 16.4 Å². The molecule has 13 heteroatoms. The molecule has 0 fully saturated rings. The molecular weight excluding hydrogens is 557 g/mol. The molecule has 0 saturated heterocycles. The number of rotatable bonds is 8. The molecule has 37 heavy (non-hydrogen) atoms. The fraction of sp³-hybridized carbons (Fsp3) is 0.0833. The minimum Gasteiger partial charge on any atom is -0.345 e. The Morgan fingerprint density at radius 2 is 1.59 bits per heavy atom. The summed E-state index contributed by atoms with van der Waals surface area (Å²) in [5, 5.41) is 13.2. The van der Waals surface area contributed by atoms with E-state index in [-0.39, 0.29) is 33.0 Å². The van der Waals surface area contributed by atoms with E-state index < -0.39 is 26.2 Å². The summed E-state index contributed by atoms with van der Waals surface area (Å²) in [6.07, 6.45) is 0. The number of anilines is 2. The average Bonchev–Trinajstić information content (AvgIpc) is 3.34. The number of carbonyl (C=O) groups is 2. The zero-order valence-electron chi connectivity index (χ0n) is 19.1. The minimum absolute atomic E-state index is 0.0564. The van der Waals surface area contributed by atoms with Crippen LogP contribution in [0.3, 0.4) is 0 Å². The summed E-state index contributed by atoms with van der Waals surface area (Å²) in [7, 11) is -4.22. The molecule has 1 aromatic heterocycles. The first-order valence-electron chi connectivity index (χ1n) is 10.7. The summed E-state index contributed by atoms with van der Waals surface area (Å²) in [6.45, 7) is 1.83. The Hall–Kier alpha value is -3.51. The van der Waals surface area contributed by atoms with Gasteiger partial charge < -0.3 is 5.32 Å². The fourth-order valence-corrected chi connectivity index (χ4v) is 5.74. The van der Waals surface area contributed by atoms with E-state index >= 15 is 0 Å². The number of hydrogen-bond donors (Lipinski definition) is 3. The molecule has 0 aliphatic heterocycles. The molecule has 4 rings (SSSR count). The Morgan fingerprint density at radius 1 is 0.892 bits per heavy atom. The summed E-state index contributed by atoms with van der Waals surface area (Å²) in [4.78, 5) is 25.4. The van der Waals surface area contributed by atoms with Crippen LogP contribution in [0.25, 0.3) is 0 Å². The summed E-state index contributed by atoms with van der Waals surface area (Å²) >= 11 is 12.5. The van der Waals surface area contributed by atoms with Gasteiger partial charge in [0, 0.05) is 5.02 Å². The molecule has 1 unspecified atom stereocenters. The van der Waals surface area contributed by atoms with E-state index in [9.17, 15) is 18.0 Å². The van der Waals surface area contributed by atoms with E-state index in [1.807, 2.05) is 37.3 Å². The largest absolute Gasteiger partial charge is 0.345 e. The molecule has 0 aliphatic rings. The number of nitrogens with one attached hydrogen (secondary N) is 3. The van der Waals surface area contributed by atoms with Crippen molar-refractivity contribution in [1.82, 2.24) is 15.5 Å². The van der Waals surface area contributed by atoms with Gasteiger partial charge in [0.05, 0.1) is 27.9 Å². The van der Waals surface area contributed by atoms with E-state index in [0.717, 1.165) is 5.56 Å². The van der Waals surface area contributed by atoms with E-state index in [1.165, 1.54) is 30.3 Å². The highest BCUT2D eigenvalue weighted by Gasteiger charge is 2.24. The van der Waals surface area contributed by atoms with Crippen LogP contribution in [-0.2, 0) is 10.0 Å². The molecule has 1 atom stereocenters. The Balaban J connectivity index is 1.49. The van der Waals surface area contributed by atoms with Crippen LogP contribution in [-0.4, -0.2) is 30.4 Å². The Morgan fingerprint density at radius 3 is 2.32 bits per heavy atom. The fourth-order valence-electron chi connectivity index (χ4n) is 3.26. The summed E-state index contributed by atoms with van der Waals surface area (Å²) in [5.41, 5.74) is 1.23. The van der Waals surface area contributed by atoms with Gasteiger partial charge in [0.15, 0.2) is 0 Å². The van der Waals surface area contributed by atoms with Crippen LogP contribution < -0.4 is 15.4 Å². The number of amides is 2. The number of aromatic nitrogens is 2. The van der Waals surface area contributed by atoms with E-state index in [4.69, 9.17) is 23.2 Å². The molecule has 0 aliphatic carbocycles. The molecular formula is C24H19Cl2N5O4S2. The molecule has 9 nitrogen and oxygen atoms in total. The van der Waals surface area contributed by atoms with Crippen molar-refractivity contribution in [3.05, 3.63) is 99.5 Å². The minimum atomic E-state index is -4.22. The van der Waals surface area contributed by atoms with Crippen molar-refractivity contribution >= 4 is 67.2 Å². The first kappa shape index (κ1) is 26.6. The van der Waals surface area contributed by atoms with Crippen molar-refractivity contribution in [2.45, 2.75) is 17.3 Å². The van der Waals surface area contributed by atoms with Crippen molar-refractivity contribution in [2.75, 3.05) is 10.0 Å². The Bertz CT molecular complexity index is 1560. The maximum atomic E-state index is 13.0. The monoisotopic (exact) mass is 575 g/mol. The van der Waals surface area contributed by atoms with Crippen LogP contribution >= 0.6 is 34.5 Å². The molecule has 2 amide bonds. The van der Waals surface area contributed by atoms with Gasteiger partial charge in [-0.2, -0.15) is 8.42 Å². The van der Waals surface area contributed by atoms with Crippen LogP contribution in [0.5, 0.6) is 0 Å². The lowest BCUT2D eigenvalue weighted by atomic mass is 10.1. The lowest BCUT2D eigenvalue weighted by molar-refractivity contribution is 0.0940. The zero-order valence-corrected chi connectivity index (χ0v) is 22.3. The second kappa shape index (κ2) is 11.3. The van der Waals surface area contributed by atoms with Crippen molar-refractivity contribution in [3.8, 4) is 0 Å². The number of nitrogens with zero attached hydrogens (tertiary/aromatic N) is 2. The molecule has 0 saturated carbocycles. The van der Waals surface area contributed by atoms with Gasteiger partial charge in [0.25, 0.3) is 26.2 Å². The third-order valence-electron chi connectivity index (χ3n) is 5.10. The predicted molar refractivity (Wildman–Crippen MR) is 144 cm³/mol. The Kier molecular flexibility index (Phi) is 8.08. The lowest BCUT2D eigenvalue weighted by Gasteiger charge is -2.16. The predicted octanol–water partition coefficient (Wildman–Crippen LogP) is 5.39. The highest BCUT2D eigenvalue weighted by molar-refractivity contribution is 7.94. The topological polar surface area (TPSA) is 130 Å². The standard InChI is InChI=1S/C24H19Cl2N5O4S2/c1-14(15-7-3-2-4-8-15)27-22(33)18-9-5-6-10-20(18)31-37(34,35)24-30-29-23(36-24)28-21(32)17-12-11-16(25)13-19(17)26/h2-14,31H,1H3,(H,27,33)(H,28,29,32). The normalized spacial score (nSPS) is 12.0. The summed E-state index contributed by atoms with van der Waals surface area (Å²) < 4.78 is 28.0. The lowest BCUT2D eigenvalue weighted by Crippen LogP contribution is -2.28. The van der Waals surface area contributed by atoms with Gasteiger partial charge >= 0.3 is 0 Å². The smallest absolute Gasteiger partial charge is 0.291 e. The van der Waals surface area contributed by atoms with Crippen molar-refractivity contribution in [2.24, 2.45) is 0 Å². The van der Waals surface area contributed by atoms with Gasteiger partial charge in [0.2, 0.25) is 5.13 Å². The molecule has 0 spiro atoms. The third-order valence-corrected chi connectivity index (χ3v) is 8.22. The number of benzene rings is 3. The van der Waals surface area contributed by atoms with Crippen LogP contribution in [0.15, 0.2) is 77.1 Å². The summed E-state index contributed by atoms with van der Waals surface area (Å²) in [6, 6.07) is 19.6. The SMILES string of the molecule is CC(NC(=O)c1ccccc1NS(=O)(=O)c1nnc(NC(=O)c2ccc(Cl)cc2Cl)s1)c1ccccc1.